The number of thioether (sulfide) groups is 1. The van der Waals surface area contributed by atoms with Gasteiger partial charge in [0.05, 0.1) is 29.1 Å². The van der Waals surface area contributed by atoms with E-state index in [-0.39, 0.29) is 23.3 Å². The van der Waals surface area contributed by atoms with Crippen molar-refractivity contribution in [1.82, 2.24) is 9.55 Å². The number of para-hydroxylation sites is 1. The molecule has 0 unspecified atom stereocenters. The van der Waals surface area contributed by atoms with Crippen molar-refractivity contribution in [3.05, 3.63) is 64.4 Å². The molecule has 4 rings (SSSR count). The zero-order valence-corrected chi connectivity index (χ0v) is 18.0. The summed E-state index contributed by atoms with van der Waals surface area (Å²) >= 11 is 1.31. The van der Waals surface area contributed by atoms with E-state index in [1.807, 2.05) is 41.0 Å². The molecule has 7 heteroatoms. The highest BCUT2D eigenvalue weighted by Crippen LogP contribution is 2.31. The van der Waals surface area contributed by atoms with Crippen LogP contribution < -0.4 is 10.9 Å². The third-order valence-electron chi connectivity index (χ3n) is 5.57. The number of hydrogen-bond acceptors (Lipinski definition) is 5. The van der Waals surface area contributed by atoms with E-state index >= 15 is 0 Å². The second kappa shape index (κ2) is 9.80. The highest BCUT2D eigenvalue weighted by molar-refractivity contribution is 7.99. The molecule has 1 fully saturated rings. The average molecular weight is 433 g/mol. The number of anilines is 1. The molecule has 3 aromatic rings. The maximum atomic E-state index is 13.3. The first kappa shape index (κ1) is 21.1. The second-order valence-electron chi connectivity index (χ2n) is 7.75. The Labute approximate surface area is 185 Å². The van der Waals surface area contributed by atoms with Crippen LogP contribution in [-0.2, 0) is 11.2 Å². The number of carbonyl (C=O) groups excluding carboxylic acids is 1. The van der Waals surface area contributed by atoms with E-state index in [9.17, 15) is 9.59 Å². The van der Waals surface area contributed by atoms with E-state index < -0.39 is 0 Å². The Bertz CT molecular complexity index is 1170. The standard InChI is InChI=1S/C24H24N4O2S/c25-15-14-17-10-12-18(13-11-17)26-22(29)16-31-24-27-21-9-5-4-8-20(21)23(30)28(24)19-6-2-1-3-7-19/h4-5,8-13,19H,1-3,6-7,14,16H2,(H,26,29). The summed E-state index contributed by atoms with van der Waals surface area (Å²) in [5, 5.41) is 12.9. The summed E-state index contributed by atoms with van der Waals surface area (Å²) in [7, 11) is 0. The predicted octanol–water partition coefficient (Wildman–Crippen LogP) is 4.70. The van der Waals surface area contributed by atoms with E-state index in [4.69, 9.17) is 10.2 Å². The first-order valence-corrected chi connectivity index (χ1v) is 11.5. The van der Waals surface area contributed by atoms with Gasteiger partial charge in [-0.1, -0.05) is 55.3 Å². The molecule has 158 valence electrons. The van der Waals surface area contributed by atoms with Gasteiger partial charge >= 0.3 is 0 Å². The lowest BCUT2D eigenvalue weighted by Crippen LogP contribution is -2.29. The molecule has 1 N–H and O–H groups in total. The molecule has 1 amide bonds. The van der Waals surface area contributed by atoms with Crippen LogP contribution in [0.2, 0.25) is 0 Å². The van der Waals surface area contributed by atoms with Gasteiger partial charge in [0.25, 0.3) is 5.56 Å². The van der Waals surface area contributed by atoms with Crippen molar-refractivity contribution in [2.24, 2.45) is 0 Å². The van der Waals surface area contributed by atoms with Gasteiger partial charge in [0.1, 0.15) is 0 Å². The maximum Gasteiger partial charge on any atom is 0.262 e. The van der Waals surface area contributed by atoms with Crippen LogP contribution in [0.3, 0.4) is 0 Å². The first-order valence-electron chi connectivity index (χ1n) is 10.6. The molecule has 31 heavy (non-hydrogen) atoms. The number of amides is 1. The summed E-state index contributed by atoms with van der Waals surface area (Å²) in [6.45, 7) is 0. The van der Waals surface area contributed by atoms with Crippen molar-refractivity contribution in [3.8, 4) is 6.07 Å². The van der Waals surface area contributed by atoms with Crippen molar-refractivity contribution in [2.45, 2.75) is 49.7 Å². The maximum absolute atomic E-state index is 13.3. The summed E-state index contributed by atoms with van der Waals surface area (Å²) in [5.41, 5.74) is 2.24. The predicted molar refractivity (Wildman–Crippen MR) is 123 cm³/mol. The SMILES string of the molecule is N#CCc1ccc(NC(=O)CSc2nc3ccccc3c(=O)n2C2CCCCC2)cc1. The third-order valence-corrected chi connectivity index (χ3v) is 6.52. The fourth-order valence-electron chi connectivity index (χ4n) is 4.01. The molecule has 0 atom stereocenters. The number of nitriles is 1. The Hall–Kier alpha value is -3.11. The summed E-state index contributed by atoms with van der Waals surface area (Å²) in [5.74, 6) is 0.00731. The third kappa shape index (κ3) is 4.97. The quantitative estimate of drug-likeness (QED) is 0.451. The van der Waals surface area contributed by atoms with Crippen LogP contribution in [0, 0.1) is 11.3 Å². The highest BCUT2D eigenvalue weighted by atomic mass is 32.2. The Morgan fingerprint density at radius 1 is 1.13 bits per heavy atom. The van der Waals surface area contributed by atoms with Crippen molar-refractivity contribution in [1.29, 1.82) is 5.26 Å². The topological polar surface area (TPSA) is 87.8 Å². The number of hydrogen-bond donors (Lipinski definition) is 1. The minimum atomic E-state index is -0.157. The van der Waals surface area contributed by atoms with E-state index in [1.54, 1.807) is 12.1 Å². The minimum absolute atomic E-state index is 0.0199. The average Bonchev–Trinajstić information content (AvgIpc) is 2.80. The fraction of sp³-hybridized carbons (Fsp3) is 0.333. The van der Waals surface area contributed by atoms with E-state index in [2.05, 4.69) is 11.4 Å². The van der Waals surface area contributed by atoms with Crippen molar-refractivity contribution >= 4 is 34.3 Å². The molecule has 1 heterocycles. The number of nitrogens with zero attached hydrogens (tertiary/aromatic N) is 3. The Kier molecular flexibility index (Phi) is 6.68. The van der Waals surface area contributed by atoms with Crippen LogP contribution in [-0.4, -0.2) is 21.2 Å². The molecular weight excluding hydrogens is 408 g/mol. The number of aromatic nitrogens is 2. The zero-order valence-electron chi connectivity index (χ0n) is 17.2. The van der Waals surface area contributed by atoms with Crippen LogP contribution in [0.1, 0.15) is 43.7 Å². The lowest BCUT2D eigenvalue weighted by atomic mass is 9.95. The lowest BCUT2D eigenvalue weighted by molar-refractivity contribution is -0.113. The molecule has 0 radical (unpaired) electrons. The smallest absolute Gasteiger partial charge is 0.262 e. The molecule has 1 aliphatic carbocycles. The van der Waals surface area contributed by atoms with Gasteiger partial charge in [0, 0.05) is 11.7 Å². The molecule has 0 spiro atoms. The molecular formula is C24H24N4O2S. The van der Waals surface area contributed by atoms with Crippen LogP contribution in [0.4, 0.5) is 5.69 Å². The van der Waals surface area contributed by atoms with Gasteiger partial charge < -0.3 is 5.32 Å². The Balaban J connectivity index is 1.53. The number of benzene rings is 2. The van der Waals surface area contributed by atoms with Gasteiger partial charge in [0.2, 0.25) is 5.91 Å². The molecule has 0 saturated heterocycles. The van der Waals surface area contributed by atoms with Gasteiger partial charge in [-0.25, -0.2) is 4.98 Å². The summed E-state index contributed by atoms with van der Waals surface area (Å²) in [4.78, 5) is 30.5. The van der Waals surface area contributed by atoms with Gasteiger partial charge in [-0.15, -0.1) is 0 Å². The highest BCUT2D eigenvalue weighted by Gasteiger charge is 2.22. The van der Waals surface area contributed by atoms with Gasteiger partial charge in [-0.2, -0.15) is 5.26 Å². The van der Waals surface area contributed by atoms with Gasteiger partial charge in [-0.3, -0.25) is 14.2 Å². The number of fused-ring (bicyclic) bond motifs is 1. The van der Waals surface area contributed by atoms with E-state index in [0.29, 0.717) is 28.2 Å². The van der Waals surface area contributed by atoms with Crippen LogP contribution in [0.5, 0.6) is 0 Å². The van der Waals surface area contributed by atoms with E-state index in [1.165, 1.54) is 18.2 Å². The molecule has 0 bridgehead atoms. The minimum Gasteiger partial charge on any atom is -0.325 e. The van der Waals surface area contributed by atoms with Gasteiger partial charge in [0.15, 0.2) is 5.16 Å². The molecule has 2 aromatic carbocycles. The van der Waals surface area contributed by atoms with Crippen molar-refractivity contribution in [2.75, 3.05) is 11.1 Å². The van der Waals surface area contributed by atoms with Crippen LogP contribution >= 0.6 is 11.8 Å². The molecule has 1 aliphatic rings. The zero-order chi connectivity index (χ0) is 21.6. The number of nitrogens with one attached hydrogen (secondary N) is 1. The normalized spacial score (nSPS) is 14.3. The Morgan fingerprint density at radius 3 is 2.61 bits per heavy atom. The van der Waals surface area contributed by atoms with Crippen LogP contribution in [0.15, 0.2) is 58.5 Å². The monoisotopic (exact) mass is 432 g/mol. The number of rotatable bonds is 6. The second-order valence-corrected chi connectivity index (χ2v) is 8.69. The summed E-state index contributed by atoms with van der Waals surface area (Å²) in [6.07, 6.45) is 5.69. The largest absolute Gasteiger partial charge is 0.325 e. The first-order chi connectivity index (χ1) is 15.2. The molecule has 1 aromatic heterocycles. The Morgan fingerprint density at radius 2 is 1.87 bits per heavy atom. The summed E-state index contributed by atoms with van der Waals surface area (Å²) in [6, 6.07) is 16.9. The molecule has 1 saturated carbocycles. The van der Waals surface area contributed by atoms with Crippen molar-refractivity contribution in [3.63, 3.8) is 0 Å². The molecule has 0 aliphatic heterocycles. The van der Waals surface area contributed by atoms with Crippen molar-refractivity contribution < 1.29 is 4.79 Å². The molecule has 6 nitrogen and oxygen atoms in total. The lowest BCUT2D eigenvalue weighted by Gasteiger charge is -2.26. The van der Waals surface area contributed by atoms with Gasteiger partial charge in [-0.05, 0) is 42.7 Å². The fourth-order valence-corrected chi connectivity index (χ4v) is 4.88. The summed E-state index contributed by atoms with van der Waals surface area (Å²) < 4.78 is 1.82. The van der Waals surface area contributed by atoms with Crippen LogP contribution in [0.25, 0.3) is 10.9 Å². The number of carbonyl (C=O) groups is 1. The van der Waals surface area contributed by atoms with E-state index in [0.717, 1.165) is 31.2 Å².